The average Bonchev–Trinajstić information content (AvgIpc) is 1.63. The third-order valence-electron chi connectivity index (χ3n) is 0.767. The van der Waals surface area contributed by atoms with Crippen molar-refractivity contribution in [2.75, 3.05) is 13.1 Å². The molecule has 0 bridgehead atoms. The van der Waals surface area contributed by atoms with Gasteiger partial charge in [-0.1, -0.05) is 0 Å². The maximum absolute atomic E-state index is 8.64. The quantitative estimate of drug-likeness (QED) is 0.346. The summed E-state index contributed by atoms with van der Waals surface area (Å²) in [7, 11) is 0. The molecule has 4 nitrogen and oxygen atoms in total. The van der Waals surface area contributed by atoms with Crippen LogP contribution in [0.15, 0.2) is 0 Å². The molecule has 0 aliphatic heterocycles. The Hall–Kier alpha value is -0.160. The Morgan fingerprint density at radius 2 is 1.78 bits per heavy atom. The van der Waals surface area contributed by atoms with Crippen LogP contribution in [0.5, 0.6) is 0 Å². The average molecular weight is 135 g/mol. The van der Waals surface area contributed by atoms with E-state index in [4.69, 9.17) is 15.3 Å². The first-order chi connectivity index (χ1) is 4.13. The van der Waals surface area contributed by atoms with E-state index in [0.717, 1.165) is 0 Å². The minimum absolute atomic E-state index is 0.102. The lowest BCUT2D eigenvalue weighted by atomic mass is 10.4. The fourth-order valence-electron chi connectivity index (χ4n) is 0.421. The molecule has 0 amide bonds. The van der Waals surface area contributed by atoms with Gasteiger partial charge in [0.05, 0.1) is 6.10 Å². The summed E-state index contributed by atoms with van der Waals surface area (Å²) in [4.78, 5) is 0. The Labute approximate surface area is 54.1 Å². The van der Waals surface area contributed by atoms with Gasteiger partial charge in [0.1, 0.15) is 0 Å². The van der Waals surface area contributed by atoms with E-state index in [9.17, 15) is 0 Å². The van der Waals surface area contributed by atoms with Crippen LogP contribution in [0.1, 0.15) is 6.92 Å². The van der Waals surface area contributed by atoms with Crippen LogP contribution in [-0.2, 0) is 0 Å². The zero-order chi connectivity index (χ0) is 7.28. The minimum Gasteiger partial charge on any atom is -0.392 e. The predicted molar refractivity (Wildman–Crippen MR) is 32.8 cm³/mol. The first kappa shape index (κ1) is 8.84. The van der Waals surface area contributed by atoms with Crippen LogP contribution >= 0.6 is 0 Å². The van der Waals surface area contributed by atoms with Crippen LogP contribution in [0.25, 0.3) is 0 Å². The third kappa shape index (κ3) is 7.84. The molecule has 4 heteroatoms. The lowest BCUT2D eigenvalue weighted by Crippen LogP contribution is -2.31. The molecule has 0 spiro atoms. The molecule has 56 valence electrons. The molecule has 0 radical (unpaired) electrons. The van der Waals surface area contributed by atoms with Crippen molar-refractivity contribution in [3.05, 3.63) is 0 Å². The van der Waals surface area contributed by atoms with Crippen molar-refractivity contribution in [1.82, 2.24) is 5.32 Å². The Balaban J connectivity index is 2.91. The van der Waals surface area contributed by atoms with Crippen molar-refractivity contribution >= 4 is 0 Å². The van der Waals surface area contributed by atoms with Crippen molar-refractivity contribution < 1.29 is 15.3 Å². The highest BCUT2D eigenvalue weighted by Gasteiger charge is 1.97. The van der Waals surface area contributed by atoms with Gasteiger partial charge in [0.2, 0.25) is 0 Å². The van der Waals surface area contributed by atoms with Gasteiger partial charge in [-0.05, 0) is 6.92 Å². The number of aliphatic hydroxyl groups is 3. The summed E-state index contributed by atoms with van der Waals surface area (Å²) in [5.41, 5.74) is 0. The Bertz CT molecular complexity index is 57.2. The highest BCUT2D eigenvalue weighted by atomic mass is 16.5. The van der Waals surface area contributed by atoms with Crippen LogP contribution in [0.2, 0.25) is 0 Å². The van der Waals surface area contributed by atoms with Gasteiger partial charge >= 0.3 is 0 Å². The molecule has 1 atom stereocenters. The van der Waals surface area contributed by atoms with Gasteiger partial charge in [0.15, 0.2) is 6.29 Å². The maximum atomic E-state index is 8.64. The van der Waals surface area contributed by atoms with Gasteiger partial charge in [-0.25, -0.2) is 0 Å². The van der Waals surface area contributed by atoms with Crippen LogP contribution < -0.4 is 5.32 Å². The van der Waals surface area contributed by atoms with Crippen LogP contribution in [-0.4, -0.2) is 40.8 Å². The van der Waals surface area contributed by atoms with Gasteiger partial charge in [-0.15, -0.1) is 0 Å². The molecule has 0 fully saturated rings. The standard InChI is InChI=1S/C5H13NO3/c1-4(7)2-6-3-5(8)9/h4-9H,2-3H2,1H3. The van der Waals surface area contributed by atoms with E-state index in [1.165, 1.54) is 0 Å². The van der Waals surface area contributed by atoms with E-state index in [1.807, 2.05) is 0 Å². The van der Waals surface area contributed by atoms with E-state index in [2.05, 4.69) is 5.32 Å². The van der Waals surface area contributed by atoms with Gasteiger partial charge in [0.25, 0.3) is 0 Å². The third-order valence-corrected chi connectivity index (χ3v) is 0.767. The van der Waals surface area contributed by atoms with Gasteiger partial charge in [-0.3, -0.25) is 0 Å². The van der Waals surface area contributed by atoms with Crippen molar-refractivity contribution in [3.8, 4) is 0 Å². The largest absolute Gasteiger partial charge is 0.392 e. The molecule has 0 saturated carbocycles. The minimum atomic E-state index is -1.33. The van der Waals surface area contributed by atoms with Crippen LogP contribution in [0.3, 0.4) is 0 Å². The molecule has 0 aliphatic rings. The summed E-state index contributed by atoms with van der Waals surface area (Å²) in [6.07, 6.45) is -1.77. The van der Waals surface area contributed by atoms with Crippen LogP contribution in [0, 0.1) is 0 Å². The topological polar surface area (TPSA) is 72.7 Å². The molecule has 4 N–H and O–H groups in total. The van der Waals surface area contributed by atoms with E-state index >= 15 is 0 Å². The number of hydrogen-bond donors (Lipinski definition) is 4. The van der Waals surface area contributed by atoms with E-state index in [1.54, 1.807) is 6.92 Å². The summed E-state index contributed by atoms with van der Waals surface area (Å²) < 4.78 is 0. The van der Waals surface area contributed by atoms with Gasteiger partial charge < -0.3 is 20.6 Å². The highest BCUT2D eigenvalue weighted by Crippen LogP contribution is 1.75. The molecule has 0 rings (SSSR count). The van der Waals surface area contributed by atoms with Crippen molar-refractivity contribution in [2.24, 2.45) is 0 Å². The second-order valence-electron chi connectivity index (χ2n) is 1.99. The smallest absolute Gasteiger partial charge is 0.164 e. The molecule has 0 aromatic heterocycles. The maximum Gasteiger partial charge on any atom is 0.164 e. The normalized spacial score (nSPS) is 14.3. The lowest BCUT2D eigenvalue weighted by molar-refractivity contribution is -0.0382. The van der Waals surface area contributed by atoms with E-state index in [0.29, 0.717) is 6.54 Å². The van der Waals surface area contributed by atoms with E-state index in [-0.39, 0.29) is 6.54 Å². The molecule has 0 aliphatic carbocycles. The zero-order valence-corrected chi connectivity index (χ0v) is 5.41. The molecule has 1 unspecified atom stereocenters. The molecule has 0 saturated heterocycles. The lowest BCUT2D eigenvalue weighted by Gasteiger charge is -2.06. The number of aliphatic hydroxyl groups excluding tert-OH is 2. The summed E-state index contributed by atoms with van der Waals surface area (Å²) in [6, 6.07) is 0. The van der Waals surface area contributed by atoms with Gasteiger partial charge in [0, 0.05) is 13.1 Å². The first-order valence-corrected chi connectivity index (χ1v) is 2.88. The SMILES string of the molecule is CC(O)CNCC(O)O. The van der Waals surface area contributed by atoms with Crippen LogP contribution in [0.4, 0.5) is 0 Å². The second kappa shape index (κ2) is 4.69. The fraction of sp³-hybridized carbons (Fsp3) is 1.00. The van der Waals surface area contributed by atoms with Crippen molar-refractivity contribution in [1.29, 1.82) is 0 Å². The summed E-state index contributed by atoms with van der Waals surface area (Å²) in [5.74, 6) is 0. The predicted octanol–water partition coefficient (Wildman–Crippen LogP) is -1.73. The molecule has 9 heavy (non-hydrogen) atoms. The second-order valence-corrected chi connectivity index (χ2v) is 1.99. The molecule has 0 aromatic carbocycles. The Morgan fingerprint density at radius 3 is 2.11 bits per heavy atom. The van der Waals surface area contributed by atoms with Crippen molar-refractivity contribution in [2.45, 2.75) is 19.3 Å². The Kier molecular flexibility index (Phi) is 4.61. The number of hydrogen-bond acceptors (Lipinski definition) is 4. The summed E-state index contributed by atoms with van der Waals surface area (Å²) in [5, 5.41) is 27.8. The van der Waals surface area contributed by atoms with E-state index < -0.39 is 12.4 Å². The zero-order valence-electron chi connectivity index (χ0n) is 5.41. The Morgan fingerprint density at radius 1 is 1.22 bits per heavy atom. The molecule has 0 aromatic rings. The number of nitrogens with one attached hydrogen (secondary N) is 1. The molecular formula is C5H13NO3. The summed E-state index contributed by atoms with van der Waals surface area (Å²) in [6.45, 7) is 2.11. The molecular weight excluding hydrogens is 122 g/mol. The highest BCUT2D eigenvalue weighted by molar-refractivity contribution is 4.52. The van der Waals surface area contributed by atoms with Gasteiger partial charge in [-0.2, -0.15) is 0 Å². The monoisotopic (exact) mass is 135 g/mol. The summed E-state index contributed by atoms with van der Waals surface area (Å²) >= 11 is 0. The fourth-order valence-corrected chi connectivity index (χ4v) is 0.421. The molecule has 0 heterocycles. The van der Waals surface area contributed by atoms with Crippen molar-refractivity contribution in [3.63, 3.8) is 0 Å². The number of rotatable bonds is 4. The first-order valence-electron chi connectivity index (χ1n) is 2.88.